The second-order valence-corrected chi connectivity index (χ2v) is 4.76. The molecule has 12 heavy (non-hydrogen) atoms. The normalized spacial score (nSPS) is 55.6. The third-order valence-electron chi connectivity index (χ3n) is 4.36. The standard InChI is InChI=1S/C10H12O2/c1-10-5-2-6(11)4-7(10)9(10)8(12)3-5/h5,7,9H,2-4H2,1H3/t5-,7+,9+,10+/m1/s1. The summed E-state index contributed by atoms with van der Waals surface area (Å²) in [6, 6.07) is 0. The average Bonchev–Trinajstić information content (AvgIpc) is 2.45. The molecule has 2 heteroatoms. The minimum atomic E-state index is 0.255. The first kappa shape index (κ1) is 6.81. The number of ketones is 2. The Morgan fingerprint density at radius 3 is 2.67 bits per heavy atom. The van der Waals surface area contributed by atoms with Crippen molar-refractivity contribution in [3.63, 3.8) is 0 Å². The minimum absolute atomic E-state index is 0.255. The lowest BCUT2D eigenvalue weighted by Gasteiger charge is -2.24. The van der Waals surface area contributed by atoms with Crippen LogP contribution in [0.25, 0.3) is 0 Å². The van der Waals surface area contributed by atoms with Crippen molar-refractivity contribution in [2.75, 3.05) is 0 Å². The summed E-state index contributed by atoms with van der Waals surface area (Å²) in [5.74, 6) is 1.93. The molecule has 0 aromatic heterocycles. The molecule has 3 fully saturated rings. The topological polar surface area (TPSA) is 34.1 Å². The first-order valence-corrected chi connectivity index (χ1v) is 4.68. The van der Waals surface area contributed by atoms with E-state index in [1.807, 2.05) is 0 Å². The molecule has 3 aliphatic carbocycles. The summed E-state index contributed by atoms with van der Waals surface area (Å²) in [6.07, 6.45) is 2.04. The van der Waals surface area contributed by atoms with E-state index in [1.54, 1.807) is 0 Å². The summed E-state index contributed by atoms with van der Waals surface area (Å²) < 4.78 is 0. The highest BCUT2D eigenvalue weighted by molar-refractivity contribution is 5.94. The van der Waals surface area contributed by atoms with Gasteiger partial charge in [0.15, 0.2) is 0 Å². The van der Waals surface area contributed by atoms with Crippen molar-refractivity contribution in [3.05, 3.63) is 0 Å². The molecule has 0 radical (unpaired) electrons. The van der Waals surface area contributed by atoms with Gasteiger partial charge in [-0.25, -0.2) is 0 Å². The Kier molecular flexibility index (Phi) is 0.940. The van der Waals surface area contributed by atoms with Gasteiger partial charge in [-0.05, 0) is 17.3 Å². The number of hydrogen-bond donors (Lipinski definition) is 0. The molecule has 4 atom stereocenters. The Balaban J connectivity index is 2.02. The van der Waals surface area contributed by atoms with Crippen LogP contribution in [-0.2, 0) is 9.59 Å². The largest absolute Gasteiger partial charge is 0.300 e. The minimum Gasteiger partial charge on any atom is -0.300 e. The highest BCUT2D eigenvalue weighted by atomic mass is 16.1. The van der Waals surface area contributed by atoms with Crippen LogP contribution in [0.15, 0.2) is 0 Å². The van der Waals surface area contributed by atoms with E-state index in [-0.39, 0.29) is 11.3 Å². The molecule has 64 valence electrons. The molecular formula is C10H12O2. The van der Waals surface area contributed by atoms with Crippen LogP contribution in [0.5, 0.6) is 0 Å². The van der Waals surface area contributed by atoms with Crippen molar-refractivity contribution in [2.24, 2.45) is 23.2 Å². The summed E-state index contributed by atoms with van der Waals surface area (Å²) in [4.78, 5) is 22.7. The van der Waals surface area contributed by atoms with Gasteiger partial charge in [0, 0.05) is 25.2 Å². The van der Waals surface area contributed by atoms with Crippen LogP contribution in [0.3, 0.4) is 0 Å². The Hall–Kier alpha value is -0.660. The van der Waals surface area contributed by atoms with Gasteiger partial charge in [0.25, 0.3) is 0 Å². The van der Waals surface area contributed by atoms with Crippen LogP contribution in [-0.4, -0.2) is 11.6 Å². The van der Waals surface area contributed by atoms with Crippen molar-refractivity contribution in [2.45, 2.75) is 26.2 Å². The van der Waals surface area contributed by atoms with Crippen molar-refractivity contribution < 1.29 is 9.59 Å². The van der Waals surface area contributed by atoms with Gasteiger partial charge < -0.3 is 0 Å². The molecule has 0 spiro atoms. The van der Waals surface area contributed by atoms with E-state index in [1.165, 1.54) is 0 Å². The number of rotatable bonds is 0. The molecule has 0 saturated heterocycles. The molecule has 0 aliphatic heterocycles. The molecule has 0 bridgehead atoms. The maximum Gasteiger partial charge on any atom is 0.137 e. The molecule has 3 saturated carbocycles. The molecule has 0 amide bonds. The lowest BCUT2D eigenvalue weighted by atomic mass is 9.78. The maximum absolute atomic E-state index is 11.4. The number of carbonyl (C=O) groups is 2. The molecule has 3 rings (SSSR count). The lowest BCUT2D eigenvalue weighted by Crippen LogP contribution is -2.24. The van der Waals surface area contributed by atoms with Crippen molar-refractivity contribution in [3.8, 4) is 0 Å². The third-order valence-corrected chi connectivity index (χ3v) is 4.36. The van der Waals surface area contributed by atoms with Gasteiger partial charge >= 0.3 is 0 Å². The SMILES string of the molecule is C[C@]12[C@@H]3CC(=O)C[C@H]1[C@H]2C(=O)C3. The van der Waals surface area contributed by atoms with Crippen LogP contribution < -0.4 is 0 Å². The number of carbonyl (C=O) groups excluding carboxylic acids is 2. The molecule has 0 aromatic rings. The highest BCUT2D eigenvalue weighted by Crippen LogP contribution is 2.73. The maximum atomic E-state index is 11.4. The Bertz CT molecular complexity index is 294. The van der Waals surface area contributed by atoms with E-state index in [2.05, 4.69) is 6.92 Å². The molecular weight excluding hydrogens is 152 g/mol. The van der Waals surface area contributed by atoms with Gasteiger partial charge in [0.05, 0.1) is 0 Å². The number of Topliss-reactive ketones (excluding diaryl/α,β-unsaturated/α-hetero) is 2. The summed E-state index contributed by atoms with van der Waals surface area (Å²) in [7, 11) is 0. The number of hydrogen-bond acceptors (Lipinski definition) is 2. The second kappa shape index (κ2) is 1.66. The third kappa shape index (κ3) is 0.520. The molecule has 0 unspecified atom stereocenters. The van der Waals surface area contributed by atoms with E-state index >= 15 is 0 Å². The van der Waals surface area contributed by atoms with Crippen LogP contribution in [0.2, 0.25) is 0 Å². The van der Waals surface area contributed by atoms with Crippen molar-refractivity contribution >= 4 is 11.6 Å². The van der Waals surface area contributed by atoms with Gasteiger partial charge in [0.1, 0.15) is 11.6 Å². The van der Waals surface area contributed by atoms with Gasteiger partial charge in [-0.2, -0.15) is 0 Å². The quantitative estimate of drug-likeness (QED) is 0.539. The van der Waals surface area contributed by atoms with Gasteiger partial charge in [-0.15, -0.1) is 0 Å². The highest BCUT2D eigenvalue weighted by Gasteiger charge is 2.73. The summed E-state index contributed by atoms with van der Waals surface area (Å²) in [5.41, 5.74) is 0.255. The first-order valence-electron chi connectivity index (χ1n) is 4.68. The van der Waals surface area contributed by atoms with Gasteiger partial charge in [-0.1, -0.05) is 6.92 Å². The predicted octanol–water partition coefficient (Wildman–Crippen LogP) is 1.19. The molecule has 2 nitrogen and oxygen atoms in total. The molecule has 0 heterocycles. The zero-order valence-electron chi connectivity index (χ0n) is 7.17. The van der Waals surface area contributed by atoms with E-state index < -0.39 is 0 Å². The van der Waals surface area contributed by atoms with Gasteiger partial charge in [0.2, 0.25) is 0 Å². The Labute approximate surface area is 71.3 Å². The zero-order valence-corrected chi connectivity index (χ0v) is 7.17. The monoisotopic (exact) mass is 164 g/mol. The van der Waals surface area contributed by atoms with Gasteiger partial charge in [-0.3, -0.25) is 9.59 Å². The number of fused-ring (bicyclic) bond motifs is 1. The average molecular weight is 164 g/mol. The predicted molar refractivity (Wildman–Crippen MR) is 42.4 cm³/mol. The molecule has 0 aromatic carbocycles. The molecule has 0 N–H and O–H groups in total. The summed E-state index contributed by atoms with van der Waals surface area (Å²) in [5, 5.41) is 0. The lowest BCUT2D eigenvalue weighted by molar-refractivity contribution is -0.124. The fourth-order valence-corrected chi connectivity index (χ4v) is 3.57. The van der Waals surface area contributed by atoms with Crippen LogP contribution in [0.1, 0.15) is 26.2 Å². The first-order chi connectivity index (χ1) is 5.64. The molecule has 3 aliphatic rings. The zero-order chi connectivity index (χ0) is 8.51. The Morgan fingerprint density at radius 1 is 1.25 bits per heavy atom. The van der Waals surface area contributed by atoms with E-state index in [0.29, 0.717) is 42.7 Å². The van der Waals surface area contributed by atoms with Crippen molar-refractivity contribution in [1.29, 1.82) is 0 Å². The summed E-state index contributed by atoms with van der Waals surface area (Å²) in [6.45, 7) is 2.20. The van der Waals surface area contributed by atoms with E-state index in [4.69, 9.17) is 0 Å². The van der Waals surface area contributed by atoms with E-state index in [0.717, 1.165) is 0 Å². The van der Waals surface area contributed by atoms with Crippen molar-refractivity contribution in [1.82, 2.24) is 0 Å². The summed E-state index contributed by atoms with van der Waals surface area (Å²) >= 11 is 0. The fraction of sp³-hybridized carbons (Fsp3) is 0.800. The fourth-order valence-electron chi connectivity index (χ4n) is 3.57. The Morgan fingerprint density at radius 2 is 2.00 bits per heavy atom. The van der Waals surface area contributed by atoms with Crippen LogP contribution >= 0.6 is 0 Å². The van der Waals surface area contributed by atoms with Crippen LogP contribution in [0, 0.1) is 23.2 Å². The van der Waals surface area contributed by atoms with E-state index in [9.17, 15) is 9.59 Å². The second-order valence-electron chi connectivity index (χ2n) is 4.76. The van der Waals surface area contributed by atoms with Crippen LogP contribution in [0.4, 0.5) is 0 Å². The smallest absolute Gasteiger partial charge is 0.137 e.